The van der Waals surface area contributed by atoms with Gasteiger partial charge in [-0.25, -0.2) is 4.39 Å². The molecule has 3 rings (SSSR count). The third-order valence-corrected chi connectivity index (χ3v) is 4.33. The number of aromatic nitrogens is 2. The van der Waals surface area contributed by atoms with Crippen LogP contribution in [0.25, 0.3) is 11.3 Å². The van der Waals surface area contributed by atoms with Gasteiger partial charge >= 0.3 is 0 Å². The minimum atomic E-state index is -0.260. The van der Waals surface area contributed by atoms with Crippen LogP contribution in [0.4, 0.5) is 4.39 Å². The summed E-state index contributed by atoms with van der Waals surface area (Å²) in [5, 5.41) is 16.2. The van der Waals surface area contributed by atoms with Crippen molar-refractivity contribution in [1.29, 1.82) is 0 Å². The van der Waals surface area contributed by atoms with Gasteiger partial charge in [0.25, 0.3) is 5.91 Å². The number of carbonyl (C=O) groups is 1. The van der Waals surface area contributed by atoms with Gasteiger partial charge in [-0.05, 0) is 55.5 Å². The zero-order valence-electron chi connectivity index (χ0n) is 13.1. The maximum Gasteiger partial charge on any atom is 0.271 e. The van der Waals surface area contributed by atoms with Crippen LogP contribution in [0.1, 0.15) is 28.9 Å². The molecule has 122 valence electrons. The molecule has 1 fully saturated rings. The Morgan fingerprint density at radius 2 is 2.30 bits per heavy atom. The molecular weight excluding hydrogens is 297 g/mol. The lowest BCUT2D eigenvalue weighted by Gasteiger charge is -2.31. The van der Waals surface area contributed by atoms with Crippen molar-refractivity contribution < 1.29 is 14.3 Å². The molecule has 0 spiro atoms. The van der Waals surface area contributed by atoms with Crippen molar-refractivity contribution in [2.75, 3.05) is 19.7 Å². The van der Waals surface area contributed by atoms with E-state index >= 15 is 0 Å². The lowest BCUT2D eigenvalue weighted by atomic mass is 9.99. The van der Waals surface area contributed by atoms with Gasteiger partial charge in [-0.15, -0.1) is 0 Å². The van der Waals surface area contributed by atoms with Crippen molar-refractivity contribution in [3.8, 4) is 11.3 Å². The van der Waals surface area contributed by atoms with E-state index in [1.165, 1.54) is 6.07 Å². The van der Waals surface area contributed by atoms with Crippen molar-refractivity contribution in [2.24, 2.45) is 5.92 Å². The normalized spacial score (nSPS) is 18.2. The summed E-state index contributed by atoms with van der Waals surface area (Å²) >= 11 is 0. The molecule has 6 heteroatoms. The van der Waals surface area contributed by atoms with Gasteiger partial charge in [-0.3, -0.25) is 9.89 Å². The number of halogens is 1. The van der Waals surface area contributed by atoms with Crippen molar-refractivity contribution in [3.05, 3.63) is 41.3 Å². The summed E-state index contributed by atoms with van der Waals surface area (Å²) in [7, 11) is 0. The summed E-state index contributed by atoms with van der Waals surface area (Å²) in [6, 6.07) is 6.45. The van der Waals surface area contributed by atoms with Crippen LogP contribution in [-0.4, -0.2) is 45.8 Å². The van der Waals surface area contributed by atoms with Gasteiger partial charge in [0.1, 0.15) is 11.5 Å². The molecule has 1 aromatic heterocycles. The van der Waals surface area contributed by atoms with Crippen LogP contribution in [0, 0.1) is 18.7 Å². The number of nitrogens with one attached hydrogen (secondary N) is 1. The predicted octanol–water partition coefficient (Wildman–Crippen LogP) is 2.37. The Morgan fingerprint density at radius 1 is 1.48 bits per heavy atom. The van der Waals surface area contributed by atoms with Crippen molar-refractivity contribution >= 4 is 5.91 Å². The lowest BCUT2D eigenvalue weighted by Crippen LogP contribution is -2.41. The van der Waals surface area contributed by atoms with Crippen LogP contribution >= 0.6 is 0 Å². The number of nitrogens with zero attached hydrogens (tertiary/aromatic N) is 2. The van der Waals surface area contributed by atoms with Gasteiger partial charge in [0.15, 0.2) is 0 Å². The molecule has 1 saturated heterocycles. The molecule has 1 unspecified atom stereocenters. The highest BCUT2D eigenvalue weighted by atomic mass is 19.1. The molecule has 1 aromatic carbocycles. The Labute approximate surface area is 134 Å². The number of piperidine rings is 1. The predicted molar refractivity (Wildman–Crippen MR) is 84.4 cm³/mol. The Hall–Kier alpha value is -2.21. The number of aromatic amines is 1. The molecule has 2 aromatic rings. The maximum absolute atomic E-state index is 13.4. The molecule has 0 radical (unpaired) electrons. The monoisotopic (exact) mass is 317 g/mol. The minimum Gasteiger partial charge on any atom is -0.396 e. The van der Waals surface area contributed by atoms with Crippen LogP contribution in [0.2, 0.25) is 0 Å². The standard InChI is InChI=1S/C17H20FN3O2/c1-11-7-13(4-5-14(11)18)15-8-16(20-19-15)17(23)21-6-2-3-12(9-21)10-22/h4-5,7-8,12,22H,2-3,6,9-10H2,1H3,(H,19,20). The zero-order chi connectivity index (χ0) is 16.4. The smallest absolute Gasteiger partial charge is 0.271 e. The number of aryl methyl sites for hydroxylation is 1. The Bertz CT molecular complexity index is 714. The summed E-state index contributed by atoms with van der Waals surface area (Å²) in [5.74, 6) is -0.223. The highest BCUT2D eigenvalue weighted by Crippen LogP contribution is 2.22. The highest BCUT2D eigenvalue weighted by Gasteiger charge is 2.25. The fraction of sp³-hybridized carbons (Fsp3) is 0.412. The largest absolute Gasteiger partial charge is 0.396 e. The van der Waals surface area contributed by atoms with E-state index in [0.717, 1.165) is 18.4 Å². The number of likely N-dealkylation sites (tertiary alicyclic amines) is 1. The molecule has 23 heavy (non-hydrogen) atoms. The SMILES string of the molecule is Cc1cc(-c2cc(C(=O)N3CCCC(CO)C3)[nH]n2)ccc1F. The zero-order valence-corrected chi connectivity index (χ0v) is 13.1. The topological polar surface area (TPSA) is 69.2 Å². The number of rotatable bonds is 3. The summed E-state index contributed by atoms with van der Waals surface area (Å²) in [6.45, 7) is 3.06. The van der Waals surface area contributed by atoms with E-state index in [4.69, 9.17) is 0 Å². The first-order valence-corrected chi connectivity index (χ1v) is 7.80. The molecule has 2 N–H and O–H groups in total. The molecule has 1 aliphatic heterocycles. The fourth-order valence-electron chi connectivity index (χ4n) is 2.95. The number of hydrogen-bond donors (Lipinski definition) is 2. The quantitative estimate of drug-likeness (QED) is 0.913. The van der Waals surface area contributed by atoms with Crippen LogP contribution in [0.3, 0.4) is 0 Å². The van der Waals surface area contributed by atoms with E-state index in [0.29, 0.717) is 30.0 Å². The number of carbonyl (C=O) groups excluding carboxylic acids is 1. The summed E-state index contributed by atoms with van der Waals surface area (Å²) in [6.07, 6.45) is 1.85. The van der Waals surface area contributed by atoms with Crippen molar-refractivity contribution in [1.82, 2.24) is 15.1 Å². The molecule has 1 aliphatic rings. The van der Waals surface area contributed by atoms with Gasteiger partial charge in [0, 0.05) is 25.3 Å². The summed E-state index contributed by atoms with van der Waals surface area (Å²) in [4.78, 5) is 14.3. The van der Waals surface area contributed by atoms with E-state index in [1.54, 1.807) is 30.0 Å². The Kier molecular flexibility index (Phi) is 4.43. The summed E-state index contributed by atoms with van der Waals surface area (Å²) < 4.78 is 13.4. The number of hydrogen-bond acceptors (Lipinski definition) is 3. The lowest BCUT2D eigenvalue weighted by molar-refractivity contribution is 0.0615. The molecule has 2 heterocycles. The molecular formula is C17H20FN3O2. The average Bonchev–Trinajstić information content (AvgIpc) is 3.06. The Balaban J connectivity index is 1.78. The molecule has 0 aliphatic carbocycles. The second kappa shape index (κ2) is 6.50. The van der Waals surface area contributed by atoms with E-state index in [2.05, 4.69) is 10.2 Å². The van der Waals surface area contributed by atoms with Gasteiger partial charge in [0.05, 0.1) is 5.69 Å². The first kappa shape index (κ1) is 15.7. The van der Waals surface area contributed by atoms with E-state index < -0.39 is 0 Å². The highest BCUT2D eigenvalue weighted by molar-refractivity contribution is 5.93. The number of amides is 1. The van der Waals surface area contributed by atoms with Crippen LogP contribution < -0.4 is 0 Å². The van der Waals surface area contributed by atoms with Crippen molar-refractivity contribution in [2.45, 2.75) is 19.8 Å². The van der Waals surface area contributed by atoms with Gasteiger partial charge in [0.2, 0.25) is 0 Å². The number of benzene rings is 1. The number of H-pyrrole nitrogens is 1. The van der Waals surface area contributed by atoms with E-state index in [9.17, 15) is 14.3 Å². The van der Waals surface area contributed by atoms with Gasteiger partial charge < -0.3 is 10.0 Å². The maximum atomic E-state index is 13.4. The first-order valence-electron chi connectivity index (χ1n) is 7.80. The second-order valence-corrected chi connectivity index (χ2v) is 6.07. The first-order chi connectivity index (χ1) is 11.1. The molecule has 0 bridgehead atoms. The third-order valence-electron chi connectivity index (χ3n) is 4.33. The van der Waals surface area contributed by atoms with Crippen LogP contribution in [0.5, 0.6) is 0 Å². The minimum absolute atomic E-state index is 0.104. The molecule has 0 saturated carbocycles. The number of aliphatic hydroxyl groups is 1. The van der Waals surface area contributed by atoms with E-state index in [-0.39, 0.29) is 24.2 Å². The van der Waals surface area contributed by atoms with E-state index in [1.807, 2.05) is 0 Å². The second-order valence-electron chi connectivity index (χ2n) is 6.07. The summed E-state index contributed by atoms with van der Waals surface area (Å²) in [5.41, 5.74) is 2.35. The van der Waals surface area contributed by atoms with Gasteiger partial charge in [-0.1, -0.05) is 0 Å². The molecule has 5 nitrogen and oxygen atoms in total. The number of aliphatic hydroxyl groups excluding tert-OH is 1. The fourth-order valence-corrected chi connectivity index (χ4v) is 2.95. The van der Waals surface area contributed by atoms with Gasteiger partial charge in [-0.2, -0.15) is 5.10 Å². The average molecular weight is 317 g/mol. The van der Waals surface area contributed by atoms with Crippen LogP contribution in [0.15, 0.2) is 24.3 Å². The third kappa shape index (κ3) is 3.27. The molecule has 1 atom stereocenters. The Morgan fingerprint density at radius 3 is 3.04 bits per heavy atom. The van der Waals surface area contributed by atoms with Crippen LogP contribution in [-0.2, 0) is 0 Å². The van der Waals surface area contributed by atoms with Crippen molar-refractivity contribution in [3.63, 3.8) is 0 Å². The molecule has 1 amide bonds.